The summed E-state index contributed by atoms with van der Waals surface area (Å²) < 4.78 is 25.2. The van der Waals surface area contributed by atoms with E-state index in [9.17, 15) is 9.18 Å². The molecule has 0 saturated carbocycles. The van der Waals surface area contributed by atoms with Gasteiger partial charge < -0.3 is 9.47 Å². The van der Waals surface area contributed by atoms with E-state index in [0.717, 1.165) is 0 Å². The highest BCUT2D eigenvalue weighted by Crippen LogP contribution is 2.26. The second-order valence-electron chi connectivity index (χ2n) is 4.44. The lowest BCUT2D eigenvalue weighted by atomic mass is 10.1. The molecule has 0 N–H and O–H groups in total. The van der Waals surface area contributed by atoms with Gasteiger partial charge in [0.25, 0.3) is 0 Å². The van der Waals surface area contributed by atoms with Gasteiger partial charge in [0.1, 0.15) is 23.9 Å². The molecule has 6 heteroatoms. The zero-order valence-electron chi connectivity index (χ0n) is 11.7. The molecule has 0 spiro atoms. The van der Waals surface area contributed by atoms with Gasteiger partial charge in [-0.3, -0.25) is 4.79 Å². The number of Topliss-reactive ketones (excluding diaryl/α,β-unsaturated/α-hetero) is 1. The Morgan fingerprint density at radius 3 is 2.64 bits per heavy atom. The van der Waals surface area contributed by atoms with Gasteiger partial charge in [0.05, 0.1) is 18.0 Å². The summed E-state index contributed by atoms with van der Waals surface area (Å²) >= 11 is 6.33. The second-order valence-corrected chi connectivity index (χ2v) is 5.92. The van der Waals surface area contributed by atoms with E-state index in [0.29, 0.717) is 27.1 Å². The Hall–Kier alpha value is -1.40. The van der Waals surface area contributed by atoms with Crippen molar-refractivity contribution in [2.45, 2.75) is 6.61 Å². The summed E-state index contributed by atoms with van der Waals surface area (Å²) in [6, 6.07) is 9.70. The van der Waals surface area contributed by atoms with E-state index in [4.69, 9.17) is 9.47 Å². The van der Waals surface area contributed by atoms with Gasteiger partial charge in [-0.15, -0.1) is 0 Å². The first-order valence-corrected chi connectivity index (χ1v) is 8.30. The van der Waals surface area contributed by atoms with Gasteiger partial charge in [0.15, 0.2) is 5.78 Å². The van der Waals surface area contributed by atoms with Crippen LogP contribution < -0.4 is 9.47 Å². The minimum atomic E-state index is -0.340. The number of ketones is 1. The standard InChI is InChI=1S/C16H13Br2FO3/c1-21-16-7-12(4-5-13(16)15(20)8-17)22-9-10-2-3-11(18)6-14(10)19/h2-7H,8-9H2,1H3. The quantitative estimate of drug-likeness (QED) is 0.488. The third-order valence-electron chi connectivity index (χ3n) is 3.00. The van der Waals surface area contributed by atoms with Crippen molar-refractivity contribution in [2.24, 2.45) is 0 Å². The fourth-order valence-corrected chi connectivity index (χ4v) is 2.50. The normalized spacial score (nSPS) is 10.4. The molecular formula is C16H13Br2FO3. The summed E-state index contributed by atoms with van der Waals surface area (Å²) in [5.41, 5.74) is 0.921. The topological polar surface area (TPSA) is 35.5 Å². The molecule has 0 fully saturated rings. The molecule has 0 amide bonds. The molecule has 0 aliphatic heterocycles. The molecule has 0 aliphatic rings. The Morgan fingerprint density at radius 2 is 2.00 bits per heavy atom. The third kappa shape index (κ3) is 4.08. The number of alkyl halides is 1. The van der Waals surface area contributed by atoms with E-state index in [-0.39, 0.29) is 23.5 Å². The largest absolute Gasteiger partial charge is 0.496 e. The van der Waals surface area contributed by atoms with E-state index >= 15 is 0 Å². The number of ether oxygens (including phenoxy) is 2. The molecule has 0 aromatic heterocycles. The molecule has 2 rings (SSSR count). The van der Waals surface area contributed by atoms with Crippen LogP contribution in [0.25, 0.3) is 0 Å². The molecule has 3 nitrogen and oxygen atoms in total. The van der Waals surface area contributed by atoms with Gasteiger partial charge in [0.2, 0.25) is 0 Å². The molecule has 2 aromatic carbocycles. The number of benzene rings is 2. The Balaban J connectivity index is 2.15. The van der Waals surface area contributed by atoms with Crippen LogP contribution in [0.4, 0.5) is 4.39 Å². The van der Waals surface area contributed by atoms with Gasteiger partial charge in [-0.1, -0.05) is 37.9 Å². The van der Waals surface area contributed by atoms with Gasteiger partial charge in [-0.05, 0) is 24.3 Å². The molecule has 0 atom stereocenters. The van der Waals surface area contributed by atoms with Crippen LogP contribution in [0.1, 0.15) is 15.9 Å². The summed E-state index contributed by atoms with van der Waals surface area (Å²) in [5, 5.41) is 0.216. The van der Waals surface area contributed by atoms with Crippen LogP contribution in [-0.4, -0.2) is 18.2 Å². The predicted molar refractivity (Wildman–Crippen MR) is 89.6 cm³/mol. The first-order valence-electron chi connectivity index (χ1n) is 6.39. The molecule has 0 bridgehead atoms. The molecule has 2 aromatic rings. The van der Waals surface area contributed by atoms with Crippen molar-refractivity contribution >= 4 is 37.6 Å². The number of carbonyl (C=O) groups is 1. The lowest BCUT2D eigenvalue weighted by molar-refractivity contribution is 0.102. The van der Waals surface area contributed by atoms with Crippen LogP contribution in [0.3, 0.4) is 0 Å². The molecule has 0 aliphatic carbocycles. The number of halogens is 3. The molecule has 0 unspecified atom stereocenters. The summed E-state index contributed by atoms with van der Waals surface area (Å²) in [5.74, 6) is 0.512. The maximum Gasteiger partial charge on any atom is 0.177 e. The molecule has 0 saturated heterocycles. The van der Waals surface area contributed by atoms with E-state index in [1.54, 1.807) is 30.3 Å². The number of methoxy groups -OCH3 is 1. The Labute approximate surface area is 144 Å². The fraction of sp³-hybridized carbons (Fsp3) is 0.188. The second kappa shape index (κ2) is 7.74. The van der Waals surface area contributed by atoms with Crippen LogP contribution >= 0.6 is 31.9 Å². The molecule has 0 radical (unpaired) electrons. The van der Waals surface area contributed by atoms with Crippen molar-refractivity contribution in [1.29, 1.82) is 0 Å². The smallest absolute Gasteiger partial charge is 0.177 e. The summed E-state index contributed by atoms with van der Waals surface area (Å²) in [7, 11) is 1.48. The zero-order chi connectivity index (χ0) is 16.1. The van der Waals surface area contributed by atoms with Crippen molar-refractivity contribution in [2.75, 3.05) is 12.4 Å². The van der Waals surface area contributed by atoms with E-state index < -0.39 is 0 Å². The zero-order valence-corrected chi connectivity index (χ0v) is 14.9. The van der Waals surface area contributed by atoms with Crippen molar-refractivity contribution in [3.05, 3.63) is 57.8 Å². The number of carbonyl (C=O) groups excluding carboxylic acids is 1. The minimum Gasteiger partial charge on any atom is -0.496 e. The predicted octanol–water partition coefficient (Wildman–Crippen LogP) is 4.75. The molecule has 22 heavy (non-hydrogen) atoms. The molecule has 0 heterocycles. The Bertz CT molecular complexity index is 689. The van der Waals surface area contributed by atoms with Crippen LogP contribution in [-0.2, 0) is 6.61 Å². The highest BCUT2D eigenvalue weighted by molar-refractivity contribution is 9.10. The van der Waals surface area contributed by atoms with Gasteiger partial charge in [-0.2, -0.15) is 0 Å². The average molecular weight is 432 g/mol. The average Bonchev–Trinajstić information content (AvgIpc) is 2.53. The highest BCUT2D eigenvalue weighted by atomic mass is 79.9. The van der Waals surface area contributed by atoms with E-state index in [1.165, 1.54) is 13.2 Å². The summed E-state index contributed by atoms with van der Waals surface area (Å²) in [4.78, 5) is 11.7. The summed E-state index contributed by atoms with van der Waals surface area (Å²) in [6.45, 7) is 0.0913. The maximum absolute atomic E-state index is 13.7. The van der Waals surface area contributed by atoms with E-state index in [2.05, 4.69) is 31.9 Å². The lowest BCUT2D eigenvalue weighted by Gasteiger charge is -2.11. The van der Waals surface area contributed by atoms with Crippen molar-refractivity contribution in [3.63, 3.8) is 0 Å². The van der Waals surface area contributed by atoms with Crippen LogP contribution in [0.2, 0.25) is 0 Å². The van der Waals surface area contributed by atoms with E-state index in [1.807, 2.05) is 0 Å². The van der Waals surface area contributed by atoms with Gasteiger partial charge in [0, 0.05) is 16.1 Å². The lowest BCUT2D eigenvalue weighted by Crippen LogP contribution is -2.04. The fourth-order valence-electron chi connectivity index (χ4n) is 1.86. The van der Waals surface area contributed by atoms with Crippen molar-refractivity contribution in [3.8, 4) is 11.5 Å². The third-order valence-corrected chi connectivity index (χ3v) is 4.01. The Morgan fingerprint density at radius 1 is 1.23 bits per heavy atom. The monoisotopic (exact) mass is 430 g/mol. The first-order chi connectivity index (χ1) is 10.5. The van der Waals surface area contributed by atoms with Crippen LogP contribution in [0.15, 0.2) is 40.9 Å². The number of hydrogen-bond donors (Lipinski definition) is 0. The SMILES string of the molecule is COc1cc(OCc2ccc(Br)cc2F)ccc1C(=O)CBr. The number of rotatable bonds is 6. The van der Waals surface area contributed by atoms with Crippen molar-refractivity contribution in [1.82, 2.24) is 0 Å². The minimum absolute atomic E-state index is 0.0812. The molecule has 116 valence electrons. The first kappa shape index (κ1) is 17.0. The van der Waals surface area contributed by atoms with Crippen LogP contribution in [0.5, 0.6) is 11.5 Å². The van der Waals surface area contributed by atoms with Crippen molar-refractivity contribution < 1.29 is 18.7 Å². The van der Waals surface area contributed by atoms with Gasteiger partial charge >= 0.3 is 0 Å². The highest BCUT2D eigenvalue weighted by Gasteiger charge is 2.12. The van der Waals surface area contributed by atoms with Crippen LogP contribution in [0, 0.1) is 5.82 Å². The molecular weight excluding hydrogens is 419 g/mol. The number of hydrogen-bond acceptors (Lipinski definition) is 3. The van der Waals surface area contributed by atoms with Gasteiger partial charge in [-0.25, -0.2) is 4.39 Å². The Kier molecular flexibility index (Phi) is 5.97. The maximum atomic E-state index is 13.7. The summed E-state index contributed by atoms with van der Waals surface area (Å²) in [6.07, 6.45) is 0.